The number of aliphatic carboxylic acids is 1. The molecular formula is C21H15N7O11S2. The van der Waals surface area contributed by atoms with Crippen LogP contribution in [0.1, 0.15) is 11.3 Å². The first-order valence-electron chi connectivity index (χ1n) is 10.9. The van der Waals surface area contributed by atoms with Crippen LogP contribution in [-0.4, -0.2) is 76.8 Å². The number of anilines is 1. The zero-order valence-electron chi connectivity index (χ0n) is 20.0. The van der Waals surface area contributed by atoms with Crippen LogP contribution in [0.25, 0.3) is 6.08 Å². The Morgan fingerprint density at radius 3 is 2.54 bits per heavy atom. The minimum Gasteiger partial charge on any atom is -0.477 e. The number of nitro benzene ring substituents is 2. The Balaban J connectivity index is 1.58. The van der Waals surface area contributed by atoms with E-state index in [0.717, 1.165) is 46.2 Å². The average Bonchev–Trinajstić information content (AvgIpc) is 3.35. The second-order valence-electron chi connectivity index (χ2n) is 8.00. The largest absolute Gasteiger partial charge is 0.532 e. The monoisotopic (exact) mass is 605 g/mol. The van der Waals surface area contributed by atoms with E-state index in [1.54, 1.807) is 0 Å². The van der Waals surface area contributed by atoms with E-state index < -0.39 is 68.0 Å². The minimum atomic E-state index is -1.82. The number of thiazole rings is 1. The van der Waals surface area contributed by atoms with E-state index in [1.165, 1.54) is 17.5 Å². The number of nitro groups is 2. The Labute approximate surface area is 235 Å². The molecule has 20 heteroatoms. The van der Waals surface area contributed by atoms with Crippen molar-refractivity contribution in [2.45, 2.75) is 11.4 Å². The van der Waals surface area contributed by atoms with Crippen molar-refractivity contribution in [2.24, 2.45) is 5.16 Å². The molecule has 212 valence electrons. The number of nitrogen functional groups attached to an aromatic ring is 1. The Hall–Kier alpha value is -5.37. The third-order valence-corrected chi connectivity index (χ3v) is 7.54. The molecule has 0 saturated carbocycles. The number of carbonyl (C=O) groups is 4. The van der Waals surface area contributed by atoms with Crippen molar-refractivity contribution >= 4 is 75.3 Å². The summed E-state index contributed by atoms with van der Waals surface area (Å²) in [5, 5.41) is 47.0. The molecule has 1 aromatic heterocycles. The standard InChI is InChI=1S/C21H15N7O11S2/c22-20-23-11(7-41-20)13(25-39-21(33)34)16(29)24-14-17(30)26-15(19(31)32)9(6-40-18(14)26)2-1-8-3-4-10(27(35)36)5-12(8)28(37)38/h1-5,7,14,18H,6H2,(H2,22,23)(H,24,29)(H,31,32)(H,33,34)/b2-1+,25-13-. The van der Waals surface area contributed by atoms with E-state index in [0.29, 0.717) is 0 Å². The Morgan fingerprint density at radius 2 is 1.95 bits per heavy atom. The number of benzene rings is 1. The number of allylic oxidation sites excluding steroid dienone is 1. The highest BCUT2D eigenvalue weighted by Gasteiger charge is 2.54. The van der Waals surface area contributed by atoms with Crippen LogP contribution in [0.3, 0.4) is 0 Å². The summed E-state index contributed by atoms with van der Waals surface area (Å²) in [7, 11) is 0. The van der Waals surface area contributed by atoms with E-state index in [4.69, 9.17) is 10.8 Å². The van der Waals surface area contributed by atoms with Crippen LogP contribution in [0, 0.1) is 20.2 Å². The average molecular weight is 606 g/mol. The van der Waals surface area contributed by atoms with Gasteiger partial charge in [0.05, 0.1) is 21.5 Å². The first-order valence-corrected chi connectivity index (χ1v) is 12.8. The van der Waals surface area contributed by atoms with E-state index in [9.17, 15) is 44.5 Å². The number of rotatable bonds is 9. The zero-order chi connectivity index (χ0) is 30.0. The van der Waals surface area contributed by atoms with Crippen molar-refractivity contribution < 1.29 is 44.1 Å². The van der Waals surface area contributed by atoms with Crippen molar-refractivity contribution in [2.75, 3.05) is 11.5 Å². The number of carboxylic acid groups (broad SMARTS) is 2. The van der Waals surface area contributed by atoms with Gasteiger partial charge in [-0.05, 0) is 17.7 Å². The molecule has 0 aliphatic carbocycles. The fraction of sp³-hybridized carbons (Fsp3) is 0.143. The van der Waals surface area contributed by atoms with Crippen LogP contribution >= 0.6 is 23.1 Å². The molecular weight excluding hydrogens is 590 g/mol. The smallest absolute Gasteiger partial charge is 0.477 e. The second kappa shape index (κ2) is 11.4. The first-order chi connectivity index (χ1) is 19.4. The van der Waals surface area contributed by atoms with Gasteiger partial charge in [-0.1, -0.05) is 11.2 Å². The van der Waals surface area contributed by atoms with Crippen molar-refractivity contribution in [1.29, 1.82) is 0 Å². The fourth-order valence-electron chi connectivity index (χ4n) is 3.80. The predicted molar refractivity (Wildman–Crippen MR) is 141 cm³/mol. The molecule has 2 amide bonds. The van der Waals surface area contributed by atoms with Gasteiger partial charge >= 0.3 is 12.1 Å². The highest BCUT2D eigenvalue weighted by molar-refractivity contribution is 8.00. The highest BCUT2D eigenvalue weighted by atomic mass is 32.2. The van der Waals surface area contributed by atoms with Crippen molar-refractivity contribution in [1.82, 2.24) is 15.2 Å². The Bertz CT molecular complexity index is 1600. The number of oxime groups is 1. The lowest BCUT2D eigenvalue weighted by molar-refractivity contribution is -0.394. The molecule has 2 atom stereocenters. The maximum atomic E-state index is 13.0. The number of aromatic nitrogens is 1. The molecule has 1 aromatic carbocycles. The number of thioether (sulfide) groups is 1. The van der Waals surface area contributed by atoms with Gasteiger partial charge in [-0.15, -0.1) is 23.1 Å². The summed E-state index contributed by atoms with van der Waals surface area (Å²) in [5.74, 6) is -3.32. The highest BCUT2D eigenvalue weighted by Crippen LogP contribution is 2.41. The lowest BCUT2D eigenvalue weighted by atomic mass is 10.0. The Morgan fingerprint density at radius 1 is 1.22 bits per heavy atom. The van der Waals surface area contributed by atoms with E-state index in [1.807, 2.05) is 0 Å². The van der Waals surface area contributed by atoms with Gasteiger partial charge in [0.15, 0.2) is 10.8 Å². The fourth-order valence-corrected chi connectivity index (χ4v) is 5.67. The summed E-state index contributed by atoms with van der Waals surface area (Å²) in [6, 6.07) is 1.73. The number of hydrogen-bond acceptors (Lipinski definition) is 14. The van der Waals surface area contributed by atoms with Gasteiger partial charge in [0, 0.05) is 17.2 Å². The van der Waals surface area contributed by atoms with Gasteiger partial charge in [0.25, 0.3) is 23.2 Å². The summed E-state index contributed by atoms with van der Waals surface area (Å²) < 4.78 is 0. The van der Waals surface area contributed by atoms with Crippen molar-refractivity contribution in [3.05, 3.63) is 72.4 Å². The quantitative estimate of drug-likeness (QED) is 0.103. The number of fused-ring (bicyclic) bond motifs is 1. The number of carbonyl (C=O) groups excluding carboxylic acids is 2. The molecule has 1 saturated heterocycles. The third-order valence-electron chi connectivity index (χ3n) is 5.57. The van der Waals surface area contributed by atoms with E-state index in [-0.39, 0.29) is 27.7 Å². The number of carboxylic acids is 1. The van der Waals surface area contributed by atoms with Gasteiger partial charge in [-0.2, -0.15) is 0 Å². The van der Waals surface area contributed by atoms with Crippen LogP contribution in [0.4, 0.5) is 21.3 Å². The molecule has 0 spiro atoms. The van der Waals surface area contributed by atoms with E-state index >= 15 is 0 Å². The van der Waals surface area contributed by atoms with Gasteiger partial charge in [0.2, 0.25) is 0 Å². The molecule has 3 heterocycles. The molecule has 2 aromatic rings. The lowest BCUT2D eigenvalue weighted by Gasteiger charge is -2.49. The van der Waals surface area contributed by atoms with Gasteiger partial charge in [0.1, 0.15) is 22.8 Å². The topological polar surface area (TPSA) is 271 Å². The second-order valence-corrected chi connectivity index (χ2v) is 9.99. The van der Waals surface area contributed by atoms with Gasteiger partial charge < -0.3 is 21.3 Å². The molecule has 2 unspecified atom stereocenters. The Kier molecular flexibility index (Phi) is 7.96. The summed E-state index contributed by atoms with van der Waals surface area (Å²) in [4.78, 5) is 78.3. The number of non-ortho nitro benzene ring substituents is 1. The lowest BCUT2D eigenvalue weighted by Crippen LogP contribution is -2.71. The SMILES string of the molecule is Nc1nc(/C(=N/OC(=O)O)C(=O)NC2C(=O)N3C(C(=O)O)=C(/C=C/c4ccc([N+](=O)[O-])cc4[N+](=O)[O-])CSC23)cs1. The zero-order valence-corrected chi connectivity index (χ0v) is 21.7. The minimum absolute atomic E-state index is 0.00538. The molecule has 0 bridgehead atoms. The van der Waals surface area contributed by atoms with Crippen LogP contribution in [0.15, 0.2) is 46.1 Å². The molecule has 1 fully saturated rings. The normalized spacial score (nSPS) is 18.5. The van der Waals surface area contributed by atoms with Crippen LogP contribution in [0.2, 0.25) is 0 Å². The van der Waals surface area contributed by atoms with Gasteiger partial charge in [-0.3, -0.25) is 39.6 Å². The predicted octanol–water partition coefficient (Wildman–Crippen LogP) is 1.39. The van der Waals surface area contributed by atoms with Crippen LogP contribution in [0.5, 0.6) is 0 Å². The third kappa shape index (κ3) is 5.81. The van der Waals surface area contributed by atoms with Crippen molar-refractivity contribution in [3.8, 4) is 0 Å². The molecule has 4 rings (SSSR count). The summed E-state index contributed by atoms with van der Waals surface area (Å²) >= 11 is 2.01. The van der Waals surface area contributed by atoms with Crippen LogP contribution < -0.4 is 11.1 Å². The number of β-lactam (4-membered cyclic amide) rings is 1. The van der Waals surface area contributed by atoms with E-state index in [2.05, 4.69) is 20.3 Å². The van der Waals surface area contributed by atoms with Crippen molar-refractivity contribution in [3.63, 3.8) is 0 Å². The summed E-state index contributed by atoms with van der Waals surface area (Å²) in [6.07, 6.45) is 0.638. The molecule has 2 aliphatic heterocycles. The first kappa shape index (κ1) is 28.6. The molecule has 0 radical (unpaired) electrons. The number of nitrogens with one attached hydrogen (secondary N) is 1. The molecule has 18 nitrogen and oxygen atoms in total. The number of amides is 2. The maximum absolute atomic E-state index is 13.0. The number of nitrogens with zero attached hydrogens (tertiary/aromatic N) is 5. The summed E-state index contributed by atoms with van der Waals surface area (Å²) in [5.41, 5.74) is 3.40. The van der Waals surface area contributed by atoms with Gasteiger partial charge in [-0.25, -0.2) is 14.6 Å². The maximum Gasteiger partial charge on any atom is 0.532 e. The number of hydrogen-bond donors (Lipinski definition) is 4. The molecule has 41 heavy (non-hydrogen) atoms. The summed E-state index contributed by atoms with van der Waals surface area (Å²) in [6.45, 7) is 0. The molecule has 2 aliphatic rings. The van der Waals surface area contributed by atoms with Crippen LogP contribution in [-0.2, 0) is 19.2 Å². The number of nitrogens with two attached hydrogens (primary N) is 1. The molecule has 5 N–H and O–H groups in total.